The fraction of sp³-hybridized carbons (Fsp3) is 0.0714. The molecule has 0 spiro atoms. The third kappa shape index (κ3) is 2.80. The first-order chi connectivity index (χ1) is 9.31. The fourth-order valence-corrected chi connectivity index (χ4v) is 1.99. The Hall–Kier alpha value is -2.20. The smallest absolute Gasteiger partial charge is 0.193 e. The van der Waals surface area contributed by atoms with Crippen LogP contribution in [-0.4, -0.2) is 9.55 Å². The summed E-state index contributed by atoms with van der Waals surface area (Å²) in [6, 6.07) is 11.7. The predicted molar refractivity (Wildman–Crippen MR) is 74.6 cm³/mol. The van der Waals surface area contributed by atoms with Gasteiger partial charge in [-0.1, -0.05) is 6.07 Å². The summed E-state index contributed by atoms with van der Waals surface area (Å²) in [5.41, 5.74) is 2.07. The maximum Gasteiger partial charge on any atom is 0.193 e. The van der Waals surface area contributed by atoms with Gasteiger partial charge in [0.15, 0.2) is 5.22 Å². The van der Waals surface area contributed by atoms with Crippen LogP contribution in [0, 0.1) is 0 Å². The van der Waals surface area contributed by atoms with Crippen LogP contribution in [0.5, 0.6) is 0 Å². The number of imidazole rings is 1. The maximum absolute atomic E-state index is 5.73. The highest BCUT2D eigenvalue weighted by Gasteiger charge is 2.01. The molecule has 2 heterocycles. The van der Waals surface area contributed by atoms with Crippen LogP contribution in [0.4, 0.5) is 5.69 Å². The minimum absolute atomic E-state index is 0.406. The Labute approximate surface area is 115 Å². The largest absolute Gasteiger partial charge is 0.448 e. The molecule has 0 aliphatic carbocycles. The van der Waals surface area contributed by atoms with Gasteiger partial charge in [0.25, 0.3) is 0 Å². The van der Waals surface area contributed by atoms with Gasteiger partial charge in [0.05, 0.1) is 12.9 Å². The number of hydrogen-bond donors (Lipinski definition) is 1. The van der Waals surface area contributed by atoms with Gasteiger partial charge in [-0.2, -0.15) is 0 Å². The molecule has 96 valence electrons. The average Bonchev–Trinajstić information content (AvgIpc) is 3.08. The summed E-state index contributed by atoms with van der Waals surface area (Å²) in [5, 5.41) is 3.70. The molecule has 19 heavy (non-hydrogen) atoms. The van der Waals surface area contributed by atoms with Crippen LogP contribution < -0.4 is 5.32 Å². The number of nitrogens with one attached hydrogen (secondary N) is 1. The van der Waals surface area contributed by atoms with Crippen molar-refractivity contribution in [3.8, 4) is 5.69 Å². The molecule has 0 saturated heterocycles. The van der Waals surface area contributed by atoms with E-state index in [2.05, 4.69) is 10.3 Å². The molecule has 0 radical (unpaired) electrons. The standard InChI is InChI=1S/C14H12ClN3O/c15-14-5-4-13(19-14)9-17-11-2-1-3-12(8-11)18-7-6-16-10-18/h1-8,10,17H,9H2. The molecule has 0 aliphatic heterocycles. The number of rotatable bonds is 4. The lowest BCUT2D eigenvalue weighted by atomic mass is 10.2. The van der Waals surface area contributed by atoms with Gasteiger partial charge < -0.3 is 14.3 Å². The van der Waals surface area contributed by atoms with Crippen molar-refractivity contribution in [1.29, 1.82) is 0 Å². The normalized spacial score (nSPS) is 10.6. The van der Waals surface area contributed by atoms with E-state index in [4.69, 9.17) is 16.0 Å². The van der Waals surface area contributed by atoms with E-state index in [1.54, 1.807) is 18.6 Å². The van der Waals surface area contributed by atoms with Crippen molar-refractivity contribution >= 4 is 17.3 Å². The molecule has 0 aliphatic rings. The Balaban J connectivity index is 1.73. The lowest BCUT2D eigenvalue weighted by Crippen LogP contribution is -1.99. The minimum Gasteiger partial charge on any atom is -0.448 e. The minimum atomic E-state index is 0.406. The summed E-state index contributed by atoms with van der Waals surface area (Å²) < 4.78 is 7.25. The van der Waals surface area contributed by atoms with Crippen LogP contribution in [0.15, 0.2) is 59.5 Å². The molecule has 0 bridgehead atoms. The van der Waals surface area contributed by atoms with Crippen LogP contribution in [0.1, 0.15) is 5.76 Å². The molecule has 4 nitrogen and oxygen atoms in total. The van der Waals surface area contributed by atoms with Crippen molar-refractivity contribution in [1.82, 2.24) is 9.55 Å². The molecule has 0 unspecified atom stereocenters. The molecule has 5 heteroatoms. The Kier molecular flexibility index (Phi) is 3.25. The lowest BCUT2D eigenvalue weighted by molar-refractivity contribution is 0.520. The summed E-state index contributed by atoms with van der Waals surface area (Å²) in [6.07, 6.45) is 5.43. The van der Waals surface area contributed by atoms with E-state index in [1.807, 2.05) is 41.1 Å². The van der Waals surface area contributed by atoms with Crippen molar-refractivity contribution in [3.05, 3.63) is 66.1 Å². The van der Waals surface area contributed by atoms with Gasteiger partial charge in [0.2, 0.25) is 0 Å². The number of aromatic nitrogens is 2. The van der Waals surface area contributed by atoms with Crippen molar-refractivity contribution in [2.24, 2.45) is 0 Å². The molecule has 1 aromatic carbocycles. The lowest BCUT2D eigenvalue weighted by Gasteiger charge is -2.07. The summed E-state index contributed by atoms with van der Waals surface area (Å²) in [4.78, 5) is 4.04. The monoisotopic (exact) mass is 273 g/mol. The van der Waals surface area contributed by atoms with Gasteiger partial charge in [-0.25, -0.2) is 4.98 Å². The molecule has 2 aromatic heterocycles. The number of benzene rings is 1. The maximum atomic E-state index is 5.73. The zero-order chi connectivity index (χ0) is 13.1. The third-order valence-corrected chi connectivity index (χ3v) is 2.95. The second-order valence-electron chi connectivity index (χ2n) is 4.08. The van der Waals surface area contributed by atoms with Crippen LogP contribution in [0.3, 0.4) is 0 Å². The van der Waals surface area contributed by atoms with E-state index >= 15 is 0 Å². The summed E-state index contributed by atoms with van der Waals surface area (Å²) in [7, 11) is 0. The first-order valence-electron chi connectivity index (χ1n) is 5.88. The quantitative estimate of drug-likeness (QED) is 0.788. The van der Waals surface area contributed by atoms with Crippen LogP contribution in [0.25, 0.3) is 5.69 Å². The van der Waals surface area contributed by atoms with Crippen molar-refractivity contribution in [2.45, 2.75) is 6.54 Å². The summed E-state index contributed by atoms with van der Waals surface area (Å²) >= 11 is 5.73. The molecule has 3 rings (SSSR count). The molecule has 0 saturated carbocycles. The number of furan rings is 1. The van der Waals surface area contributed by atoms with Crippen LogP contribution >= 0.6 is 11.6 Å². The van der Waals surface area contributed by atoms with E-state index in [0.29, 0.717) is 11.8 Å². The van der Waals surface area contributed by atoms with Crippen molar-refractivity contribution in [3.63, 3.8) is 0 Å². The van der Waals surface area contributed by atoms with Gasteiger partial charge in [0, 0.05) is 23.8 Å². The highest BCUT2D eigenvalue weighted by molar-refractivity contribution is 6.28. The second kappa shape index (κ2) is 5.20. The van der Waals surface area contributed by atoms with E-state index in [-0.39, 0.29) is 0 Å². The molecule has 3 aromatic rings. The third-order valence-electron chi connectivity index (χ3n) is 2.74. The van der Waals surface area contributed by atoms with Crippen LogP contribution in [-0.2, 0) is 6.54 Å². The van der Waals surface area contributed by atoms with Gasteiger partial charge in [0.1, 0.15) is 5.76 Å². The zero-order valence-electron chi connectivity index (χ0n) is 10.1. The fourth-order valence-electron chi connectivity index (χ4n) is 1.82. The van der Waals surface area contributed by atoms with Crippen molar-refractivity contribution < 1.29 is 4.42 Å². The topological polar surface area (TPSA) is 43.0 Å². The van der Waals surface area contributed by atoms with Gasteiger partial charge in [-0.15, -0.1) is 0 Å². The predicted octanol–water partition coefficient (Wildman–Crippen LogP) is 3.73. The zero-order valence-corrected chi connectivity index (χ0v) is 10.8. The molecule has 0 atom stereocenters. The first kappa shape index (κ1) is 11.9. The SMILES string of the molecule is Clc1ccc(CNc2cccc(-n3ccnc3)c2)o1. The highest BCUT2D eigenvalue weighted by Crippen LogP contribution is 2.17. The summed E-state index contributed by atoms with van der Waals surface area (Å²) in [5.74, 6) is 0.804. The van der Waals surface area contributed by atoms with Gasteiger partial charge in [-0.3, -0.25) is 0 Å². The van der Waals surface area contributed by atoms with E-state index in [1.165, 1.54) is 0 Å². The van der Waals surface area contributed by atoms with Gasteiger partial charge >= 0.3 is 0 Å². The van der Waals surface area contributed by atoms with E-state index in [0.717, 1.165) is 17.1 Å². The Bertz CT molecular complexity index is 661. The Morgan fingerprint density at radius 3 is 2.95 bits per heavy atom. The number of hydrogen-bond acceptors (Lipinski definition) is 3. The second-order valence-corrected chi connectivity index (χ2v) is 4.45. The Morgan fingerprint density at radius 2 is 2.21 bits per heavy atom. The first-order valence-corrected chi connectivity index (χ1v) is 6.25. The molecular weight excluding hydrogens is 262 g/mol. The Morgan fingerprint density at radius 1 is 1.26 bits per heavy atom. The average molecular weight is 274 g/mol. The summed E-state index contributed by atoms with van der Waals surface area (Å²) in [6.45, 7) is 0.597. The number of anilines is 1. The van der Waals surface area contributed by atoms with E-state index < -0.39 is 0 Å². The van der Waals surface area contributed by atoms with Crippen molar-refractivity contribution in [2.75, 3.05) is 5.32 Å². The highest BCUT2D eigenvalue weighted by atomic mass is 35.5. The molecular formula is C14H12ClN3O. The molecule has 1 N–H and O–H groups in total. The van der Waals surface area contributed by atoms with Gasteiger partial charge in [-0.05, 0) is 41.9 Å². The van der Waals surface area contributed by atoms with Crippen LogP contribution in [0.2, 0.25) is 5.22 Å². The number of nitrogens with zero attached hydrogens (tertiary/aromatic N) is 2. The molecule has 0 amide bonds. The number of halogens is 1. The molecule has 0 fully saturated rings. The van der Waals surface area contributed by atoms with E-state index in [9.17, 15) is 0 Å².